The molecule has 0 spiro atoms. The summed E-state index contributed by atoms with van der Waals surface area (Å²) in [7, 11) is 0. The normalized spacial score (nSPS) is 11.0. The van der Waals surface area contributed by atoms with Crippen LogP contribution in [0, 0.1) is 6.92 Å². The summed E-state index contributed by atoms with van der Waals surface area (Å²) in [6.45, 7) is 2.30. The van der Waals surface area contributed by atoms with Gasteiger partial charge in [0.2, 0.25) is 0 Å². The Morgan fingerprint density at radius 1 is 1.06 bits per heavy atom. The number of amides is 1. The van der Waals surface area contributed by atoms with Gasteiger partial charge in [0.25, 0.3) is 5.91 Å². The number of fused-ring (bicyclic) bond motifs is 1. The fourth-order valence-electron chi connectivity index (χ4n) is 3.22. The van der Waals surface area contributed by atoms with Crippen LogP contribution in [0.15, 0.2) is 88.4 Å². The molecule has 0 saturated heterocycles. The highest BCUT2D eigenvalue weighted by Gasteiger charge is 2.11. The molecule has 6 heteroatoms. The van der Waals surface area contributed by atoms with Gasteiger partial charge in [0.05, 0.1) is 17.3 Å². The number of carbonyl (C=O) groups excluding carboxylic acids is 1. The molecule has 31 heavy (non-hydrogen) atoms. The lowest BCUT2D eigenvalue weighted by Crippen LogP contribution is -2.18. The van der Waals surface area contributed by atoms with Crippen molar-refractivity contribution in [3.8, 4) is 5.75 Å². The molecule has 1 N–H and O–H groups in total. The van der Waals surface area contributed by atoms with E-state index in [1.807, 2.05) is 79.7 Å². The molecular weight excluding hydrogens is 454 g/mol. The Bertz CT molecular complexity index is 1270. The predicted molar refractivity (Wildman–Crippen MR) is 126 cm³/mol. The number of ether oxygens (including phenoxy) is 1. The van der Waals surface area contributed by atoms with E-state index in [1.165, 1.54) is 0 Å². The van der Waals surface area contributed by atoms with Crippen molar-refractivity contribution in [2.24, 2.45) is 5.10 Å². The van der Waals surface area contributed by atoms with Gasteiger partial charge in [-0.1, -0.05) is 58.4 Å². The maximum atomic E-state index is 12.7. The third kappa shape index (κ3) is 5.16. The summed E-state index contributed by atoms with van der Waals surface area (Å²) in [4.78, 5) is 17.2. The number of aryl methyl sites for hydroxylation is 1. The van der Waals surface area contributed by atoms with Crippen molar-refractivity contribution < 1.29 is 9.53 Å². The molecule has 0 fully saturated rings. The number of hydrazone groups is 1. The molecule has 4 rings (SSSR count). The summed E-state index contributed by atoms with van der Waals surface area (Å²) in [6.07, 6.45) is 1.59. The monoisotopic (exact) mass is 473 g/mol. The molecule has 1 aromatic heterocycles. The first-order chi connectivity index (χ1) is 15.1. The van der Waals surface area contributed by atoms with Gasteiger partial charge in [0.1, 0.15) is 12.4 Å². The highest BCUT2D eigenvalue weighted by Crippen LogP contribution is 2.20. The molecule has 5 nitrogen and oxygen atoms in total. The number of aromatic nitrogens is 1. The van der Waals surface area contributed by atoms with Gasteiger partial charge in [-0.3, -0.25) is 9.78 Å². The molecule has 0 aliphatic carbocycles. The van der Waals surface area contributed by atoms with Crippen LogP contribution in [0.4, 0.5) is 0 Å². The van der Waals surface area contributed by atoms with Gasteiger partial charge in [-0.25, -0.2) is 5.43 Å². The second kappa shape index (κ2) is 9.53. The van der Waals surface area contributed by atoms with Crippen LogP contribution in [0.2, 0.25) is 0 Å². The summed E-state index contributed by atoms with van der Waals surface area (Å²) in [5.74, 6) is 0.399. The van der Waals surface area contributed by atoms with E-state index < -0.39 is 0 Å². The Hall–Kier alpha value is -3.51. The number of hydrogen-bond acceptors (Lipinski definition) is 4. The van der Waals surface area contributed by atoms with Crippen molar-refractivity contribution in [3.05, 3.63) is 106 Å². The first-order valence-corrected chi connectivity index (χ1v) is 10.6. The van der Waals surface area contributed by atoms with Crippen molar-refractivity contribution in [2.45, 2.75) is 13.5 Å². The highest BCUT2D eigenvalue weighted by molar-refractivity contribution is 9.10. The fraction of sp³-hybridized carbons (Fsp3) is 0.0800. The van der Waals surface area contributed by atoms with E-state index in [0.717, 1.165) is 32.2 Å². The summed E-state index contributed by atoms with van der Waals surface area (Å²) in [5, 5.41) is 4.94. The summed E-state index contributed by atoms with van der Waals surface area (Å²) >= 11 is 3.47. The largest absolute Gasteiger partial charge is 0.488 e. The lowest BCUT2D eigenvalue weighted by atomic mass is 10.1. The van der Waals surface area contributed by atoms with Crippen molar-refractivity contribution >= 4 is 39.0 Å². The van der Waals surface area contributed by atoms with E-state index in [4.69, 9.17) is 4.74 Å². The Labute approximate surface area is 188 Å². The number of carbonyl (C=O) groups is 1. The Balaban J connectivity index is 1.48. The van der Waals surface area contributed by atoms with E-state index in [2.05, 4.69) is 31.4 Å². The van der Waals surface area contributed by atoms with E-state index >= 15 is 0 Å². The fourth-order valence-corrected chi connectivity index (χ4v) is 3.67. The minimum Gasteiger partial charge on any atom is -0.488 e. The zero-order valence-electron chi connectivity index (χ0n) is 16.9. The van der Waals surface area contributed by atoms with Crippen LogP contribution in [-0.2, 0) is 6.61 Å². The number of para-hydroxylation sites is 2. The third-order valence-corrected chi connectivity index (χ3v) is 5.15. The van der Waals surface area contributed by atoms with Crippen LogP contribution in [0.3, 0.4) is 0 Å². The van der Waals surface area contributed by atoms with Crippen molar-refractivity contribution in [1.29, 1.82) is 0 Å². The summed E-state index contributed by atoms with van der Waals surface area (Å²) in [6, 6.07) is 24.8. The van der Waals surface area contributed by atoms with Crippen LogP contribution in [0.25, 0.3) is 10.9 Å². The van der Waals surface area contributed by atoms with Gasteiger partial charge in [0, 0.05) is 21.1 Å². The SMILES string of the molecule is Cc1cc(C(=O)NN=Cc2ccccc2OCc2cccc(Br)c2)c2ccccc2n1. The second-order valence-corrected chi connectivity index (χ2v) is 7.90. The van der Waals surface area contributed by atoms with Crippen molar-refractivity contribution in [1.82, 2.24) is 10.4 Å². The van der Waals surface area contributed by atoms with Crippen LogP contribution in [0.1, 0.15) is 27.2 Å². The third-order valence-electron chi connectivity index (χ3n) is 4.66. The number of pyridine rings is 1. The van der Waals surface area contributed by atoms with E-state index in [1.54, 1.807) is 12.3 Å². The highest BCUT2D eigenvalue weighted by atomic mass is 79.9. The maximum absolute atomic E-state index is 12.7. The number of hydrogen-bond donors (Lipinski definition) is 1. The maximum Gasteiger partial charge on any atom is 0.272 e. The van der Waals surface area contributed by atoms with Gasteiger partial charge in [-0.05, 0) is 48.9 Å². The van der Waals surface area contributed by atoms with E-state index in [9.17, 15) is 4.79 Å². The standard InChI is InChI=1S/C25H20BrN3O2/c1-17-13-22(21-10-3-4-11-23(21)28-17)25(30)29-27-15-19-8-2-5-12-24(19)31-16-18-7-6-9-20(26)14-18/h2-15H,16H2,1H3,(H,29,30). The lowest BCUT2D eigenvalue weighted by molar-refractivity contribution is 0.0956. The van der Waals surface area contributed by atoms with Gasteiger partial charge < -0.3 is 4.74 Å². The number of rotatable bonds is 6. The number of nitrogens with zero attached hydrogens (tertiary/aromatic N) is 2. The van der Waals surface area contributed by atoms with Crippen molar-refractivity contribution in [3.63, 3.8) is 0 Å². The molecule has 0 radical (unpaired) electrons. The smallest absolute Gasteiger partial charge is 0.272 e. The first kappa shape index (κ1) is 20.8. The molecule has 0 unspecified atom stereocenters. The first-order valence-electron chi connectivity index (χ1n) is 9.76. The number of nitrogens with one attached hydrogen (secondary N) is 1. The van der Waals surface area contributed by atoms with E-state index in [-0.39, 0.29) is 5.91 Å². The molecule has 4 aromatic rings. The minimum atomic E-state index is -0.287. The van der Waals surface area contributed by atoms with Crippen LogP contribution >= 0.6 is 15.9 Å². The van der Waals surface area contributed by atoms with Crippen LogP contribution in [0.5, 0.6) is 5.75 Å². The molecule has 3 aromatic carbocycles. The second-order valence-electron chi connectivity index (χ2n) is 6.98. The topological polar surface area (TPSA) is 63.6 Å². The number of halogens is 1. The van der Waals surface area contributed by atoms with E-state index in [0.29, 0.717) is 17.9 Å². The quantitative estimate of drug-likeness (QED) is 0.290. The summed E-state index contributed by atoms with van der Waals surface area (Å²) < 4.78 is 6.97. The molecular formula is C25H20BrN3O2. The Morgan fingerprint density at radius 2 is 1.87 bits per heavy atom. The molecule has 0 saturated carbocycles. The Kier molecular flexibility index (Phi) is 6.38. The molecule has 1 heterocycles. The van der Waals surface area contributed by atoms with Gasteiger partial charge in [-0.15, -0.1) is 0 Å². The van der Waals surface area contributed by atoms with Crippen LogP contribution in [-0.4, -0.2) is 17.1 Å². The molecule has 1 amide bonds. The average molecular weight is 474 g/mol. The minimum absolute atomic E-state index is 0.287. The zero-order valence-corrected chi connectivity index (χ0v) is 18.5. The summed E-state index contributed by atoms with van der Waals surface area (Å²) in [5.41, 5.74) is 6.54. The average Bonchev–Trinajstić information content (AvgIpc) is 2.78. The number of benzene rings is 3. The molecule has 154 valence electrons. The Morgan fingerprint density at radius 3 is 2.74 bits per heavy atom. The molecule has 0 aliphatic heterocycles. The molecule has 0 bridgehead atoms. The lowest BCUT2D eigenvalue weighted by Gasteiger charge is -2.09. The van der Waals surface area contributed by atoms with Gasteiger partial charge in [-0.2, -0.15) is 5.10 Å². The molecule has 0 aliphatic rings. The van der Waals surface area contributed by atoms with Crippen LogP contribution < -0.4 is 10.2 Å². The van der Waals surface area contributed by atoms with Crippen molar-refractivity contribution in [2.75, 3.05) is 0 Å². The van der Waals surface area contributed by atoms with Gasteiger partial charge >= 0.3 is 0 Å². The molecule has 0 atom stereocenters. The zero-order chi connectivity index (χ0) is 21.6. The predicted octanol–water partition coefficient (Wildman–Crippen LogP) is 5.65. The van der Waals surface area contributed by atoms with Gasteiger partial charge in [0.15, 0.2) is 0 Å².